The van der Waals surface area contributed by atoms with Crippen LogP contribution in [0.4, 0.5) is 14.7 Å². The van der Waals surface area contributed by atoms with Crippen molar-refractivity contribution in [2.45, 2.75) is 37.6 Å². The highest BCUT2D eigenvalue weighted by Crippen LogP contribution is 2.34. The fourth-order valence-corrected chi connectivity index (χ4v) is 3.34. The number of aryl methyl sites for hydroxylation is 1. The molecule has 1 saturated carbocycles. The van der Waals surface area contributed by atoms with Gasteiger partial charge in [0.15, 0.2) is 0 Å². The number of anilines is 1. The largest absolute Gasteiger partial charge is 0.351 e. The van der Waals surface area contributed by atoms with Gasteiger partial charge in [-0.15, -0.1) is 0 Å². The van der Waals surface area contributed by atoms with Gasteiger partial charge < -0.3 is 14.9 Å². The Morgan fingerprint density at radius 3 is 2.81 bits per heavy atom. The maximum atomic E-state index is 13.3. The summed E-state index contributed by atoms with van der Waals surface area (Å²) in [5, 5.41) is 3.99. The van der Waals surface area contributed by atoms with E-state index in [2.05, 4.69) is 20.3 Å². The van der Waals surface area contributed by atoms with Gasteiger partial charge in [0.25, 0.3) is 0 Å². The van der Waals surface area contributed by atoms with Gasteiger partial charge in [0.05, 0.1) is 0 Å². The molecule has 1 aliphatic carbocycles. The molecule has 6 nitrogen and oxygen atoms in total. The minimum absolute atomic E-state index is 0.0369. The average molecular weight is 359 g/mol. The predicted octanol–water partition coefficient (Wildman–Crippen LogP) is 3.31. The molecule has 0 bridgehead atoms. The molecule has 0 aliphatic heterocycles. The Labute approximate surface area is 148 Å². The van der Waals surface area contributed by atoms with Crippen LogP contribution in [-0.4, -0.2) is 31.5 Å². The molecule has 1 fully saturated rings. The summed E-state index contributed by atoms with van der Waals surface area (Å²) >= 11 is 0. The molecule has 0 saturated heterocycles. The second kappa shape index (κ2) is 6.19. The summed E-state index contributed by atoms with van der Waals surface area (Å²) in [7, 11) is 1.70. The third-order valence-electron chi connectivity index (χ3n) is 4.88. The summed E-state index contributed by atoms with van der Waals surface area (Å²) in [6.07, 6.45) is 5.89. The summed E-state index contributed by atoms with van der Waals surface area (Å²) in [6, 6.07) is 3.24. The molecule has 0 spiro atoms. The monoisotopic (exact) mass is 359 g/mol. The smallest absolute Gasteiger partial charge is 0.250 e. The molecule has 0 atom stereocenters. The molecule has 136 valence electrons. The van der Waals surface area contributed by atoms with Gasteiger partial charge in [-0.25, -0.2) is 13.8 Å². The fraction of sp³-hybridized carbons (Fsp3) is 0.389. The Kier molecular flexibility index (Phi) is 3.97. The van der Waals surface area contributed by atoms with E-state index in [0.29, 0.717) is 24.4 Å². The van der Waals surface area contributed by atoms with Crippen molar-refractivity contribution in [1.82, 2.24) is 19.5 Å². The van der Waals surface area contributed by atoms with Gasteiger partial charge in [-0.05, 0) is 18.9 Å². The number of H-pyrrole nitrogens is 1. The molecule has 8 heteroatoms. The number of fused-ring (bicyclic) bond motifs is 1. The van der Waals surface area contributed by atoms with Crippen molar-refractivity contribution in [1.29, 1.82) is 0 Å². The second-order valence-electron chi connectivity index (χ2n) is 6.80. The van der Waals surface area contributed by atoms with Crippen molar-refractivity contribution >= 4 is 17.0 Å². The first-order valence-electron chi connectivity index (χ1n) is 8.57. The maximum Gasteiger partial charge on any atom is 0.250 e. The van der Waals surface area contributed by atoms with Crippen LogP contribution in [0.15, 0.2) is 35.5 Å². The molecule has 26 heavy (non-hydrogen) atoms. The van der Waals surface area contributed by atoms with Crippen molar-refractivity contribution in [3.05, 3.63) is 41.1 Å². The minimum Gasteiger partial charge on any atom is -0.351 e. The molecular weight excluding hydrogens is 340 g/mol. The van der Waals surface area contributed by atoms with Crippen LogP contribution in [0.5, 0.6) is 0 Å². The summed E-state index contributed by atoms with van der Waals surface area (Å²) in [5.74, 6) is -2.12. The molecule has 3 aromatic heterocycles. The fourth-order valence-electron chi connectivity index (χ4n) is 3.34. The zero-order valence-electron chi connectivity index (χ0n) is 14.3. The number of hydrogen-bond acceptors (Lipinski definition) is 4. The maximum absolute atomic E-state index is 13.3. The number of hydrogen-bond donors (Lipinski definition) is 2. The SMILES string of the molecule is Cn1cc(-c2c[nH]c3nc(NC4CCC(F)(F)CC4)ncc23)ccc1=O. The summed E-state index contributed by atoms with van der Waals surface area (Å²) in [5.41, 5.74) is 2.37. The normalized spacial score (nSPS) is 17.5. The van der Waals surface area contributed by atoms with Crippen LogP contribution in [0.2, 0.25) is 0 Å². The van der Waals surface area contributed by atoms with Crippen molar-refractivity contribution in [3.8, 4) is 11.1 Å². The number of aromatic nitrogens is 4. The lowest BCUT2D eigenvalue weighted by Gasteiger charge is -2.28. The van der Waals surface area contributed by atoms with Crippen LogP contribution < -0.4 is 10.9 Å². The molecular formula is C18H19F2N5O. The first-order chi connectivity index (χ1) is 12.4. The highest BCUT2D eigenvalue weighted by Gasteiger charge is 2.35. The van der Waals surface area contributed by atoms with E-state index in [1.165, 1.54) is 10.6 Å². The average Bonchev–Trinajstić information content (AvgIpc) is 3.02. The lowest BCUT2D eigenvalue weighted by Crippen LogP contribution is -2.32. The van der Waals surface area contributed by atoms with Crippen LogP contribution in [0.1, 0.15) is 25.7 Å². The molecule has 3 heterocycles. The van der Waals surface area contributed by atoms with Crippen molar-refractivity contribution in [2.24, 2.45) is 7.05 Å². The van der Waals surface area contributed by atoms with E-state index in [1.54, 1.807) is 25.5 Å². The van der Waals surface area contributed by atoms with Gasteiger partial charge in [-0.3, -0.25) is 4.79 Å². The Bertz CT molecular complexity index is 1000. The van der Waals surface area contributed by atoms with Gasteiger partial charge in [0.1, 0.15) is 5.65 Å². The summed E-state index contributed by atoms with van der Waals surface area (Å²) in [6.45, 7) is 0. The number of halogens is 2. The predicted molar refractivity (Wildman–Crippen MR) is 95.4 cm³/mol. The Balaban J connectivity index is 1.57. The van der Waals surface area contributed by atoms with Crippen molar-refractivity contribution in [2.75, 3.05) is 5.32 Å². The lowest BCUT2D eigenvalue weighted by molar-refractivity contribution is -0.0361. The molecule has 1 aliphatic rings. The molecule has 2 N–H and O–H groups in total. The standard InChI is InChI=1S/C18H19F2N5O/c1-25-10-11(2-3-15(25)26)13-8-21-16-14(13)9-22-17(24-16)23-12-4-6-18(19,20)7-5-12/h2-3,8-10,12H,4-7H2,1H3,(H2,21,22,23,24). The molecule has 0 unspecified atom stereocenters. The van der Waals surface area contributed by atoms with Crippen LogP contribution in [0.3, 0.4) is 0 Å². The number of nitrogens with zero attached hydrogens (tertiary/aromatic N) is 3. The highest BCUT2D eigenvalue weighted by atomic mass is 19.3. The van der Waals surface area contributed by atoms with Gasteiger partial charge >= 0.3 is 0 Å². The van der Waals surface area contributed by atoms with Gasteiger partial charge in [-0.1, -0.05) is 0 Å². The van der Waals surface area contributed by atoms with Gasteiger partial charge in [0, 0.05) is 67.1 Å². The molecule has 3 aromatic rings. The van der Waals surface area contributed by atoms with Crippen molar-refractivity contribution < 1.29 is 8.78 Å². The quantitative estimate of drug-likeness (QED) is 0.752. The third-order valence-corrected chi connectivity index (χ3v) is 4.88. The van der Waals surface area contributed by atoms with Gasteiger partial charge in [-0.2, -0.15) is 4.98 Å². The van der Waals surface area contributed by atoms with E-state index in [-0.39, 0.29) is 24.4 Å². The zero-order chi connectivity index (χ0) is 18.3. The first-order valence-corrected chi connectivity index (χ1v) is 8.57. The number of pyridine rings is 1. The summed E-state index contributed by atoms with van der Waals surface area (Å²) in [4.78, 5) is 23.5. The van der Waals surface area contributed by atoms with E-state index in [1.807, 2.05) is 6.20 Å². The first kappa shape index (κ1) is 16.7. The third kappa shape index (κ3) is 3.18. The van der Waals surface area contributed by atoms with E-state index >= 15 is 0 Å². The number of rotatable bonds is 3. The molecule has 0 radical (unpaired) electrons. The Morgan fingerprint density at radius 2 is 2.08 bits per heavy atom. The van der Waals surface area contributed by atoms with Crippen LogP contribution in [-0.2, 0) is 7.05 Å². The highest BCUT2D eigenvalue weighted by molar-refractivity contribution is 5.93. The zero-order valence-corrected chi connectivity index (χ0v) is 14.3. The number of aromatic amines is 1. The van der Waals surface area contributed by atoms with Crippen LogP contribution in [0, 0.1) is 0 Å². The number of alkyl halides is 2. The summed E-state index contributed by atoms with van der Waals surface area (Å²) < 4.78 is 28.0. The van der Waals surface area contributed by atoms with Crippen LogP contribution in [0.25, 0.3) is 22.2 Å². The van der Waals surface area contributed by atoms with E-state index in [4.69, 9.17) is 0 Å². The van der Waals surface area contributed by atoms with E-state index in [0.717, 1.165) is 16.5 Å². The van der Waals surface area contributed by atoms with Crippen LogP contribution >= 0.6 is 0 Å². The Hall–Kier alpha value is -2.77. The van der Waals surface area contributed by atoms with E-state index < -0.39 is 5.92 Å². The number of nitrogens with one attached hydrogen (secondary N) is 2. The van der Waals surface area contributed by atoms with Crippen molar-refractivity contribution in [3.63, 3.8) is 0 Å². The molecule has 4 rings (SSSR count). The second-order valence-corrected chi connectivity index (χ2v) is 6.80. The molecule has 0 amide bonds. The van der Waals surface area contributed by atoms with Gasteiger partial charge in [0.2, 0.25) is 17.4 Å². The Morgan fingerprint density at radius 1 is 1.31 bits per heavy atom. The molecule has 0 aromatic carbocycles. The van der Waals surface area contributed by atoms with E-state index in [9.17, 15) is 13.6 Å². The minimum atomic E-state index is -2.55. The topological polar surface area (TPSA) is 75.6 Å². The lowest BCUT2D eigenvalue weighted by atomic mass is 9.92.